The van der Waals surface area contributed by atoms with E-state index in [9.17, 15) is 9.59 Å². The molecule has 1 amide bonds. The van der Waals surface area contributed by atoms with Crippen molar-refractivity contribution in [2.24, 2.45) is 5.92 Å². The number of hydrogen-bond donors (Lipinski definition) is 2. The molecule has 106 valence electrons. The molecule has 5 heteroatoms. The molecule has 1 aromatic heterocycles. The monoisotopic (exact) mass is 281 g/mol. The van der Waals surface area contributed by atoms with E-state index in [1.165, 1.54) is 0 Å². The zero-order chi connectivity index (χ0) is 14.8. The van der Waals surface area contributed by atoms with E-state index in [-0.39, 0.29) is 18.1 Å². The van der Waals surface area contributed by atoms with E-state index in [0.717, 1.165) is 5.69 Å². The molecule has 2 aromatic rings. The molecule has 0 bridgehead atoms. The first-order valence-corrected chi connectivity index (χ1v) is 6.77. The lowest BCUT2D eigenvalue weighted by Gasteiger charge is -2.11. The maximum absolute atomic E-state index is 12.4. The number of nitrogens with zero attached hydrogens (tertiary/aromatic N) is 1. The molecule has 1 atom stereocenters. The van der Waals surface area contributed by atoms with Gasteiger partial charge in [-0.1, -0.05) is 12.1 Å². The Balaban J connectivity index is 1.90. The Kier molecular flexibility index (Phi) is 3.39. The van der Waals surface area contributed by atoms with Gasteiger partial charge in [-0.05, 0) is 24.3 Å². The fourth-order valence-corrected chi connectivity index (χ4v) is 2.58. The standard InChI is InChI=1S/C16H15N3O2/c17-12-5-3-6-13-15(12)14(20)9-10(16(21)19-13)8-11-4-1-2-7-18-11/h1-7,10H,8-9,17H2,(H,19,21)/t10-/m0/s1. The van der Waals surface area contributed by atoms with Crippen molar-refractivity contribution in [3.63, 3.8) is 0 Å². The van der Waals surface area contributed by atoms with Crippen LogP contribution in [0.4, 0.5) is 11.4 Å². The number of ketones is 1. The predicted molar refractivity (Wildman–Crippen MR) is 79.9 cm³/mol. The van der Waals surface area contributed by atoms with Crippen LogP contribution in [0.25, 0.3) is 0 Å². The SMILES string of the molecule is Nc1cccc2c1C(=O)C[C@H](Cc1ccccn1)C(=O)N2. The second-order valence-electron chi connectivity index (χ2n) is 5.11. The van der Waals surface area contributed by atoms with Crippen LogP contribution in [0.15, 0.2) is 42.6 Å². The molecule has 0 fully saturated rings. The zero-order valence-electron chi connectivity index (χ0n) is 11.4. The van der Waals surface area contributed by atoms with E-state index in [2.05, 4.69) is 10.3 Å². The number of pyridine rings is 1. The normalized spacial score (nSPS) is 17.8. The Morgan fingerprint density at radius 1 is 1.19 bits per heavy atom. The molecule has 0 saturated carbocycles. The zero-order valence-corrected chi connectivity index (χ0v) is 11.4. The van der Waals surface area contributed by atoms with Crippen molar-refractivity contribution < 1.29 is 9.59 Å². The third-order valence-corrected chi connectivity index (χ3v) is 3.62. The van der Waals surface area contributed by atoms with Gasteiger partial charge in [-0.15, -0.1) is 0 Å². The number of nitrogens with one attached hydrogen (secondary N) is 1. The first kappa shape index (κ1) is 13.3. The van der Waals surface area contributed by atoms with Gasteiger partial charge in [0.15, 0.2) is 5.78 Å². The number of amides is 1. The molecule has 3 N–H and O–H groups in total. The minimum absolute atomic E-state index is 0.109. The Labute approximate surface area is 122 Å². The summed E-state index contributed by atoms with van der Waals surface area (Å²) >= 11 is 0. The predicted octanol–water partition coefficient (Wildman–Crippen LogP) is 2.05. The number of carbonyl (C=O) groups is 2. The highest BCUT2D eigenvalue weighted by molar-refractivity contribution is 6.12. The number of hydrogen-bond acceptors (Lipinski definition) is 4. The molecule has 1 aliphatic heterocycles. The first-order valence-electron chi connectivity index (χ1n) is 6.77. The number of carbonyl (C=O) groups excluding carboxylic acids is 2. The minimum Gasteiger partial charge on any atom is -0.398 e. The first-order chi connectivity index (χ1) is 10.1. The van der Waals surface area contributed by atoms with E-state index < -0.39 is 5.92 Å². The van der Waals surface area contributed by atoms with Crippen molar-refractivity contribution >= 4 is 23.1 Å². The molecule has 21 heavy (non-hydrogen) atoms. The number of Topliss-reactive ketones (excluding diaryl/α,β-unsaturated/α-hetero) is 1. The summed E-state index contributed by atoms with van der Waals surface area (Å²) in [5.41, 5.74) is 7.96. The van der Waals surface area contributed by atoms with Gasteiger partial charge < -0.3 is 11.1 Å². The molecule has 0 radical (unpaired) electrons. The van der Waals surface area contributed by atoms with Crippen molar-refractivity contribution in [3.8, 4) is 0 Å². The minimum atomic E-state index is -0.431. The Hall–Kier alpha value is -2.69. The third-order valence-electron chi connectivity index (χ3n) is 3.62. The Bertz CT molecular complexity index is 698. The van der Waals surface area contributed by atoms with E-state index >= 15 is 0 Å². The summed E-state index contributed by atoms with van der Waals surface area (Å²) in [6, 6.07) is 10.6. The summed E-state index contributed by atoms with van der Waals surface area (Å²) in [5, 5.41) is 2.80. The lowest BCUT2D eigenvalue weighted by Crippen LogP contribution is -2.24. The van der Waals surface area contributed by atoms with Crippen LogP contribution >= 0.6 is 0 Å². The van der Waals surface area contributed by atoms with Gasteiger partial charge in [0, 0.05) is 30.4 Å². The second kappa shape index (κ2) is 5.36. The summed E-state index contributed by atoms with van der Waals surface area (Å²) in [6.45, 7) is 0. The molecule has 3 rings (SSSR count). The van der Waals surface area contributed by atoms with Crippen LogP contribution in [0.5, 0.6) is 0 Å². The van der Waals surface area contributed by atoms with Crippen LogP contribution in [-0.4, -0.2) is 16.7 Å². The highest BCUT2D eigenvalue weighted by Gasteiger charge is 2.30. The van der Waals surface area contributed by atoms with Gasteiger partial charge in [0.05, 0.1) is 17.2 Å². The summed E-state index contributed by atoms with van der Waals surface area (Å²) in [7, 11) is 0. The van der Waals surface area contributed by atoms with Crippen molar-refractivity contribution in [3.05, 3.63) is 53.9 Å². The summed E-state index contributed by atoms with van der Waals surface area (Å²) in [6.07, 6.45) is 2.26. The summed E-state index contributed by atoms with van der Waals surface area (Å²) < 4.78 is 0. The van der Waals surface area contributed by atoms with E-state index in [4.69, 9.17) is 5.73 Å². The van der Waals surface area contributed by atoms with Gasteiger partial charge in [0.25, 0.3) is 0 Å². The smallest absolute Gasteiger partial charge is 0.228 e. The second-order valence-corrected chi connectivity index (χ2v) is 5.11. The molecule has 0 saturated heterocycles. The van der Waals surface area contributed by atoms with Crippen LogP contribution in [0.1, 0.15) is 22.5 Å². The lowest BCUT2D eigenvalue weighted by atomic mass is 9.94. The summed E-state index contributed by atoms with van der Waals surface area (Å²) in [5.74, 6) is -0.708. The highest BCUT2D eigenvalue weighted by atomic mass is 16.2. The molecule has 0 spiro atoms. The Morgan fingerprint density at radius 2 is 2.05 bits per heavy atom. The number of nitrogens with two attached hydrogens (primary N) is 1. The summed E-state index contributed by atoms with van der Waals surface area (Å²) in [4.78, 5) is 28.9. The molecular formula is C16H15N3O2. The van der Waals surface area contributed by atoms with Crippen LogP contribution in [0, 0.1) is 5.92 Å². The van der Waals surface area contributed by atoms with Crippen molar-refractivity contribution in [2.75, 3.05) is 11.1 Å². The Morgan fingerprint density at radius 3 is 2.81 bits per heavy atom. The average molecular weight is 281 g/mol. The number of benzene rings is 1. The van der Waals surface area contributed by atoms with Gasteiger partial charge in [0.1, 0.15) is 0 Å². The molecule has 5 nitrogen and oxygen atoms in total. The average Bonchev–Trinajstić information content (AvgIpc) is 2.58. The van der Waals surface area contributed by atoms with Crippen LogP contribution in [-0.2, 0) is 11.2 Å². The van der Waals surface area contributed by atoms with Crippen LogP contribution < -0.4 is 11.1 Å². The molecule has 2 heterocycles. The number of aromatic nitrogens is 1. The van der Waals surface area contributed by atoms with Crippen LogP contribution in [0.2, 0.25) is 0 Å². The molecule has 1 aromatic carbocycles. The molecule has 0 unspecified atom stereocenters. The topological polar surface area (TPSA) is 85.1 Å². The maximum atomic E-state index is 12.4. The highest BCUT2D eigenvalue weighted by Crippen LogP contribution is 2.29. The largest absolute Gasteiger partial charge is 0.398 e. The van der Waals surface area contributed by atoms with Crippen molar-refractivity contribution in [2.45, 2.75) is 12.8 Å². The third kappa shape index (κ3) is 2.63. The van der Waals surface area contributed by atoms with E-state index in [1.807, 2.05) is 18.2 Å². The van der Waals surface area contributed by atoms with Gasteiger partial charge >= 0.3 is 0 Å². The fourth-order valence-electron chi connectivity index (χ4n) is 2.58. The number of anilines is 2. The van der Waals surface area contributed by atoms with Gasteiger partial charge in [-0.2, -0.15) is 0 Å². The van der Waals surface area contributed by atoms with Gasteiger partial charge in [-0.3, -0.25) is 14.6 Å². The number of rotatable bonds is 2. The molecular weight excluding hydrogens is 266 g/mol. The van der Waals surface area contributed by atoms with Gasteiger partial charge in [-0.25, -0.2) is 0 Å². The maximum Gasteiger partial charge on any atom is 0.228 e. The lowest BCUT2D eigenvalue weighted by molar-refractivity contribution is -0.119. The van der Waals surface area contributed by atoms with Crippen LogP contribution in [0.3, 0.4) is 0 Å². The number of nitrogen functional groups attached to an aromatic ring is 1. The molecule has 0 aliphatic carbocycles. The quantitative estimate of drug-likeness (QED) is 0.825. The van der Waals surface area contributed by atoms with E-state index in [1.54, 1.807) is 24.4 Å². The van der Waals surface area contributed by atoms with Gasteiger partial charge in [0.2, 0.25) is 5.91 Å². The van der Waals surface area contributed by atoms with E-state index in [0.29, 0.717) is 23.4 Å². The van der Waals surface area contributed by atoms with Crippen molar-refractivity contribution in [1.82, 2.24) is 4.98 Å². The number of fused-ring (bicyclic) bond motifs is 1. The fraction of sp³-hybridized carbons (Fsp3) is 0.188. The van der Waals surface area contributed by atoms with Crippen molar-refractivity contribution in [1.29, 1.82) is 0 Å². The molecule has 1 aliphatic rings.